The fourth-order valence-electron chi connectivity index (χ4n) is 2.51. The number of phenolic OH excluding ortho intramolecular Hbond substituents is 1. The van der Waals surface area contributed by atoms with Crippen molar-refractivity contribution in [3.63, 3.8) is 0 Å². The molecule has 0 aliphatic heterocycles. The topological polar surface area (TPSA) is 89.9 Å². The number of carbonyl (C=O) groups is 3. The maximum Gasteiger partial charge on any atom is 0.178 e. The number of ether oxygens (including phenoxy) is 2. The third-order valence-corrected chi connectivity index (χ3v) is 3.72. The Kier molecular flexibility index (Phi) is 5.54. The van der Waals surface area contributed by atoms with Gasteiger partial charge >= 0.3 is 0 Å². The first-order valence-electron chi connectivity index (χ1n) is 7.51. The number of carbonyl (C=O) groups excluding carboxylic acids is 3. The van der Waals surface area contributed by atoms with E-state index in [-0.39, 0.29) is 22.6 Å². The molecule has 0 saturated heterocycles. The lowest BCUT2D eigenvalue weighted by molar-refractivity contribution is 0.0891. The maximum absolute atomic E-state index is 12.6. The van der Waals surface area contributed by atoms with Crippen LogP contribution in [0, 0.1) is 0 Å². The smallest absolute Gasteiger partial charge is 0.178 e. The summed E-state index contributed by atoms with van der Waals surface area (Å²) in [5, 5.41) is 10.4. The number of aromatic hydroxyl groups is 1. The average Bonchev–Trinajstić information content (AvgIpc) is 2.60. The third-order valence-electron chi connectivity index (χ3n) is 3.72. The van der Waals surface area contributed by atoms with Crippen LogP contribution in [0.2, 0.25) is 0 Å². The number of hydrogen-bond donors (Lipinski definition) is 1. The highest BCUT2D eigenvalue weighted by Crippen LogP contribution is 2.39. The van der Waals surface area contributed by atoms with Crippen molar-refractivity contribution in [2.24, 2.45) is 0 Å². The van der Waals surface area contributed by atoms with Gasteiger partial charge in [-0.2, -0.15) is 0 Å². The molecule has 1 N–H and O–H groups in total. The van der Waals surface area contributed by atoms with Crippen LogP contribution >= 0.6 is 0 Å². The molecule has 0 spiro atoms. The molecular weight excluding hydrogens is 324 g/mol. The Hall–Kier alpha value is -3.15. The highest BCUT2D eigenvalue weighted by molar-refractivity contribution is 6.17. The van der Waals surface area contributed by atoms with Crippen molar-refractivity contribution in [3.05, 3.63) is 53.1 Å². The van der Waals surface area contributed by atoms with E-state index in [0.717, 1.165) is 0 Å². The molecule has 0 aromatic heterocycles. The van der Waals surface area contributed by atoms with Crippen molar-refractivity contribution >= 4 is 17.3 Å². The van der Waals surface area contributed by atoms with Crippen LogP contribution in [-0.2, 0) is 0 Å². The summed E-state index contributed by atoms with van der Waals surface area (Å²) in [6, 6.07) is 9.68. The zero-order valence-corrected chi connectivity index (χ0v) is 14.2. The molecule has 0 aliphatic carbocycles. The molecule has 0 radical (unpaired) electrons. The Labute approximate surface area is 145 Å². The Morgan fingerprint density at radius 2 is 1.48 bits per heavy atom. The van der Waals surface area contributed by atoms with Crippen molar-refractivity contribution < 1.29 is 29.0 Å². The van der Waals surface area contributed by atoms with E-state index in [4.69, 9.17) is 9.47 Å². The highest BCUT2D eigenvalue weighted by Gasteiger charge is 2.27. The van der Waals surface area contributed by atoms with E-state index in [1.807, 2.05) is 0 Å². The molecule has 2 rings (SSSR count). The lowest BCUT2D eigenvalue weighted by Crippen LogP contribution is -2.12. The molecule has 0 unspecified atom stereocenters. The molecule has 6 nitrogen and oxygen atoms in total. The summed E-state index contributed by atoms with van der Waals surface area (Å²) >= 11 is 0. The van der Waals surface area contributed by atoms with Crippen LogP contribution < -0.4 is 9.47 Å². The molecule has 2 aromatic carbocycles. The number of hydrogen-bond acceptors (Lipinski definition) is 6. The third kappa shape index (κ3) is 3.68. The van der Waals surface area contributed by atoms with E-state index in [0.29, 0.717) is 5.56 Å². The Morgan fingerprint density at radius 1 is 0.920 bits per heavy atom. The minimum absolute atomic E-state index is 0.0326. The molecule has 0 fully saturated rings. The lowest BCUT2D eigenvalue weighted by Gasteiger charge is -2.15. The molecule has 0 saturated carbocycles. The van der Waals surface area contributed by atoms with Gasteiger partial charge in [-0.15, -0.1) is 0 Å². The number of Topliss-reactive ketones (excluding diaryl/α,β-unsaturated/α-hetero) is 3. The molecule has 0 amide bonds. The number of phenols is 1. The van der Waals surface area contributed by atoms with Gasteiger partial charge in [-0.3, -0.25) is 14.4 Å². The first kappa shape index (κ1) is 18.2. The second-order valence-corrected chi connectivity index (χ2v) is 5.33. The molecule has 6 heteroatoms. The van der Waals surface area contributed by atoms with Crippen LogP contribution in [0.5, 0.6) is 17.2 Å². The van der Waals surface area contributed by atoms with Crippen molar-refractivity contribution in [1.29, 1.82) is 0 Å². The normalized spacial score (nSPS) is 10.2. The summed E-state index contributed by atoms with van der Waals surface area (Å²) in [4.78, 5) is 36.6. The number of benzene rings is 2. The predicted octanol–water partition coefficient (Wildman–Crippen LogP) is 3.07. The Morgan fingerprint density at radius 3 is 2.00 bits per heavy atom. The lowest BCUT2D eigenvalue weighted by atomic mass is 9.96. The number of ketones is 3. The summed E-state index contributed by atoms with van der Waals surface area (Å²) in [6.07, 6.45) is -0.461. The van der Waals surface area contributed by atoms with E-state index in [2.05, 4.69) is 0 Å². The van der Waals surface area contributed by atoms with Gasteiger partial charge in [-0.1, -0.05) is 30.3 Å². The fourth-order valence-corrected chi connectivity index (χ4v) is 2.51. The van der Waals surface area contributed by atoms with Crippen molar-refractivity contribution in [2.45, 2.75) is 13.3 Å². The molecule has 0 bridgehead atoms. The molecule has 0 aliphatic rings. The number of rotatable bonds is 7. The molecule has 25 heavy (non-hydrogen) atoms. The van der Waals surface area contributed by atoms with Gasteiger partial charge < -0.3 is 14.6 Å². The predicted molar refractivity (Wildman–Crippen MR) is 90.9 cm³/mol. The van der Waals surface area contributed by atoms with Crippen LogP contribution in [0.1, 0.15) is 44.4 Å². The highest BCUT2D eigenvalue weighted by atomic mass is 16.5. The minimum atomic E-state index is -0.645. The SMILES string of the molecule is COc1cc(OC)c(C(=O)CC(=O)c2ccccc2)c(O)c1C(C)=O. The molecule has 130 valence electrons. The Balaban J connectivity index is 2.46. The van der Waals surface area contributed by atoms with Gasteiger partial charge in [0.25, 0.3) is 0 Å². The van der Waals surface area contributed by atoms with Gasteiger partial charge in [0.05, 0.1) is 20.6 Å². The van der Waals surface area contributed by atoms with Gasteiger partial charge in [0.2, 0.25) is 0 Å². The Bertz CT molecular complexity index is 824. The minimum Gasteiger partial charge on any atom is -0.506 e. The maximum atomic E-state index is 12.6. The van der Waals surface area contributed by atoms with Gasteiger partial charge in [0.15, 0.2) is 17.3 Å². The van der Waals surface area contributed by atoms with Crippen LogP contribution in [0.25, 0.3) is 0 Å². The summed E-state index contributed by atoms with van der Waals surface area (Å²) in [5.41, 5.74) is 0.0474. The van der Waals surface area contributed by atoms with Gasteiger partial charge in [0.1, 0.15) is 28.4 Å². The van der Waals surface area contributed by atoms with Crippen molar-refractivity contribution in [1.82, 2.24) is 0 Å². The summed E-state index contributed by atoms with van der Waals surface area (Å²) < 4.78 is 10.2. The number of methoxy groups -OCH3 is 2. The van der Waals surface area contributed by atoms with Gasteiger partial charge in [-0.05, 0) is 6.92 Å². The summed E-state index contributed by atoms with van der Waals surface area (Å²) in [7, 11) is 2.65. The largest absolute Gasteiger partial charge is 0.506 e. The quantitative estimate of drug-likeness (QED) is 0.614. The van der Waals surface area contributed by atoms with E-state index in [1.54, 1.807) is 30.3 Å². The zero-order chi connectivity index (χ0) is 18.6. The van der Waals surface area contributed by atoms with Gasteiger partial charge in [-0.25, -0.2) is 0 Å². The molecular formula is C19H18O6. The second-order valence-electron chi connectivity index (χ2n) is 5.33. The molecule has 2 aromatic rings. The van der Waals surface area contributed by atoms with Crippen molar-refractivity contribution in [3.8, 4) is 17.2 Å². The summed E-state index contributed by atoms with van der Waals surface area (Å²) in [5.74, 6) is -1.94. The van der Waals surface area contributed by atoms with E-state index >= 15 is 0 Å². The average molecular weight is 342 g/mol. The van der Waals surface area contributed by atoms with E-state index < -0.39 is 29.5 Å². The van der Waals surface area contributed by atoms with Crippen LogP contribution in [0.4, 0.5) is 0 Å². The summed E-state index contributed by atoms with van der Waals surface area (Å²) in [6.45, 7) is 1.24. The van der Waals surface area contributed by atoms with Crippen molar-refractivity contribution in [2.75, 3.05) is 14.2 Å². The first-order valence-corrected chi connectivity index (χ1v) is 7.51. The van der Waals surface area contributed by atoms with Crippen LogP contribution in [0.15, 0.2) is 36.4 Å². The monoisotopic (exact) mass is 342 g/mol. The van der Waals surface area contributed by atoms with E-state index in [9.17, 15) is 19.5 Å². The molecule has 0 heterocycles. The fraction of sp³-hybridized carbons (Fsp3) is 0.211. The first-order chi connectivity index (χ1) is 11.9. The second kappa shape index (κ2) is 7.61. The van der Waals surface area contributed by atoms with Crippen LogP contribution in [-0.4, -0.2) is 36.7 Å². The molecule has 0 atom stereocenters. The standard InChI is InChI=1S/C19H18O6/c1-11(20)17-15(24-2)10-16(25-3)18(19(17)23)14(22)9-13(21)12-7-5-4-6-8-12/h4-8,10,23H,9H2,1-3H3. The van der Waals surface area contributed by atoms with Gasteiger partial charge in [0, 0.05) is 11.6 Å². The van der Waals surface area contributed by atoms with E-state index in [1.165, 1.54) is 27.2 Å². The van der Waals surface area contributed by atoms with Crippen LogP contribution in [0.3, 0.4) is 0 Å². The zero-order valence-electron chi connectivity index (χ0n) is 14.2.